The summed E-state index contributed by atoms with van der Waals surface area (Å²) < 4.78 is 7.46. The molecule has 4 nitrogen and oxygen atoms in total. The van der Waals surface area contributed by atoms with Crippen molar-refractivity contribution in [2.24, 2.45) is 5.73 Å². The van der Waals surface area contributed by atoms with Crippen molar-refractivity contribution >= 4 is 0 Å². The molecule has 1 aliphatic rings. The second-order valence-electron chi connectivity index (χ2n) is 3.31. The minimum atomic E-state index is 0.133. The standard InChI is InChI=1S/C9H15N3O/c10-7-8-4-5-12(11-8)9-3-1-2-6-13-9/h4-5,9H,1-3,6-7,10H2. The molecule has 2 rings (SSSR count). The first-order valence-corrected chi connectivity index (χ1v) is 4.76. The summed E-state index contributed by atoms with van der Waals surface area (Å²) in [5, 5.41) is 4.32. The predicted molar refractivity (Wildman–Crippen MR) is 49.0 cm³/mol. The van der Waals surface area contributed by atoms with E-state index in [-0.39, 0.29) is 6.23 Å². The molecule has 0 saturated carbocycles. The fraction of sp³-hybridized carbons (Fsp3) is 0.667. The maximum atomic E-state index is 5.58. The number of hydrogen-bond acceptors (Lipinski definition) is 3. The van der Waals surface area contributed by atoms with Gasteiger partial charge < -0.3 is 10.5 Å². The van der Waals surface area contributed by atoms with Gasteiger partial charge in [-0.3, -0.25) is 0 Å². The third-order valence-corrected chi connectivity index (χ3v) is 2.32. The lowest BCUT2D eigenvalue weighted by atomic mass is 10.2. The van der Waals surface area contributed by atoms with Crippen LogP contribution in [0.15, 0.2) is 12.3 Å². The highest BCUT2D eigenvalue weighted by Gasteiger charge is 2.15. The van der Waals surface area contributed by atoms with Gasteiger partial charge in [-0.1, -0.05) is 0 Å². The van der Waals surface area contributed by atoms with E-state index in [1.165, 1.54) is 12.8 Å². The van der Waals surface area contributed by atoms with Crippen LogP contribution in [0.4, 0.5) is 0 Å². The summed E-state index contributed by atoms with van der Waals surface area (Å²) in [6.07, 6.45) is 5.53. The molecule has 2 N–H and O–H groups in total. The fourth-order valence-corrected chi connectivity index (χ4v) is 1.58. The lowest BCUT2D eigenvalue weighted by molar-refractivity contribution is -0.0396. The normalized spacial score (nSPS) is 23.3. The van der Waals surface area contributed by atoms with Crippen molar-refractivity contribution in [3.8, 4) is 0 Å². The molecule has 13 heavy (non-hydrogen) atoms. The predicted octanol–water partition coefficient (Wildman–Crippen LogP) is 1.04. The van der Waals surface area contributed by atoms with Crippen molar-refractivity contribution in [1.82, 2.24) is 9.78 Å². The van der Waals surface area contributed by atoms with Gasteiger partial charge in [0.2, 0.25) is 0 Å². The van der Waals surface area contributed by atoms with Crippen molar-refractivity contribution in [3.63, 3.8) is 0 Å². The molecular formula is C9H15N3O. The summed E-state index contributed by atoms with van der Waals surface area (Å²) in [5.41, 5.74) is 6.40. The van der Waals surface area contributed by atoms with Crippen LogP contribution in [0.5, 0.6) is 0 Å². The summed E-state index contributed by atoms with van der Waals surface area (Å²) in [7, 11) is 0. The Kier molecular flexibility index (Phi) is 2.61. The molecule has 0 radical (unpaired) electrons. The molecule has 1 saturated heterocycles. The summed E-state index contributed by atoms with van der Waals surface area (Å²) >= 11 is 0. The van der Waals surface area contributed by atoms with E-state index < -0.39 is 0 Å². The van der Waals surface area contributed by atoms with Crippen LogP contribution >= 0.6 is 0 Å². The zero-order chi connectivity index (χ0) is 9.10. The van der Waals surface area contributed by atoms with E-state index in [1.54, 1.807) is 0 Å². The summed E-state index contributed by atoms with van der Waals surface area (Å²) in [6, 6.07) is 1.94. The van der Waals surface area contributed by atoms with Crippen LogP contribution in [-0.4, -0.2) is 16.4 Å². The minimum absolute atomic E-state index is 0.133. The molecule has 1 fully saturated rings. The Balaban J connectivity index is 2.05. The van der Waals surface area contributed by atoms with Gasteiger partial charge >= 0.3 is 0 Å². The summed E-state index contributed by atoms with van der Waals surface area (Å²) in [4.78, 5) is 0. The van der Waals surface area contributed by atoms with Gasteiger partial charge in [-0.15, -0.1) is 0 Å². The molecule has 0 aromatic carbocycles. The third-order valence-electron chi connectivity index (χ3n) is 2.32. The quantitative estimate of drug-likeness (QED) is 0.741. The zero-order valence-corrected chi connectivity index (χ0v) is 7.65. The van der Waals surface area contributed by atoms with Crippen molar-refractivity contribution in [3.05, 3.63) is 18.0 Å². The van der Waals surface area contributed by atoms with E-state index in [1.807, 2.05) is 16.9 Å². The molecule has 4 heteroatoms. The van der Waals surface area contributed by atoms with E-state index in [4.69, 9.17) is 10.5 Å². The lowest BCUT2D eigenvalue weighted by Gasteiger charge is -2.22. The Bertz CT molecular complexity index is 266. The molecule has 0 aliphatic carbocycles. The van der Waals surface area contributed by atoms with Crippen LogP contribution in [0, 0.1) is 0 Å². The Morgan fingerprint density at radius 2 is 2.54 bits per heavy atom. The molecule has 1 atom stereocenters. The van der Waals surface area contributed by atoms with Crippen LogP contribution < -0.4 is 5.73 Å². The zero-order valence-electron chi connectivity index (χ0n) is 7.65. The number of ether oxygens (including phenoxy) is 1. The van der Waals surface area contributed by atoms with Gasteiger partial charge in [0.15, 0.2) is 0 Å². The maximum Gasteiger partial charge on any atom is 0.150 e. The third kappa shape index (κ3) is 1.89. The molecule has 1 aromatic heterocycles. The van der Waals surface area contributed by atoms with Gasteiger partial charge in [-0.05, 0) is 25.3 Å². The van der Waals surface area contributed by atoms with Crippen LogP contribution in [0.3, 0.4) is 0 Å². The van der Waals surface area contributed by atoms with Gasteiger partial charge in [0, 0.05) is 19.3 Å². The Morgan fingerprint density at radius 3 is 3.15 bits per heavy atom. The fourth-order valence-electron chi connectivity index (χ4n) is 1.58. The van der Waals surface area contributed by atoms with E-state index in [0.717, 1.165) is 18.7 Å². The highest BCUT2D eigenvalue weighted by Crippen LogP contribution is 2.21. The smallest absolute Gasteiger partial charge is 0.150 e. The molecule has 1 aromatic rings. The van der Waals surface area contributed by atoms with Crippen molar-refractivity contribution in [2.75, 3.05) is 6.61 Å². The number of nitrogens with two attached hydrogens (primary N) is 1. The van der Waals surface area contributed by atoms with E-state index >= 15 is 0 Å². The van der Waals surface area contributed by atoms with Gasteiger partial charge in [0.05, 0.1) is 5.69 Å². The molecule has 0 amide bonds. The number of nitrogens with zero attached hydrogens (tertiary/aromatic N) is 2. The van der Waals surface area contributed by atoms with Crippen molar-refractivity contribution in [2.45, 2.75) is 32.0 Å². The lowest BCUT2D eigenvalue weighted by Crippen LogP contribution is -2.18. The molecule has 2 heterocycles. The molecule has 1 aliphatic heterocycles. The van der Waals surface area contributed by atoms with Gasteiger partial charge in [0.25, 0.3) is 0 Å². The maximum absolute atomic E-state index is 5.58. The van der Waals surface area contributed by atoms with Crippen LogP contribution in [-0.2, 0) is 11.3 Å². The van der Waals surface area contributed by atoms with Gasteiger partial charge in [-0.2, -0.15) is 5.10 Å². The first-order chi connectivity index (χ1) is 6.40. The van der Waals surface area contributed by atoms with Gasteiger partial charge in [0.1, 0.15) is 6.23 Å². The first kappa shape index (κ1) is 8.72. The molecule has 0 bridgehead atoms. The minimum Gasteiger partial charge on any atom is -0.357 e. The number of rotatable bonds is 2. The van der Waals surface area contributed by atoms with E-state index in [9.17, 15) is 0 Å². The second kappa shape index (κ2) is 3.89. The monoisotopic (exact) mass is 181 g/mol. The highest BCUT2D eigenvalue weighted by molar-refractivity contribution is 4.98. The van der Waals surface area contributed by atoms with Gasteiger partial charge in [-0.25, -0.2) is 4.68 Å². The van der Waals surface area contributed by atoms with Crippen LogP contribution in [0.1, 0.15) is 31.2 Å². The van der Waals surface area contributed by atoms with Crippen LogP contribution in [0.2, 0.25) is 0 Å². The van der Waals surface area contributed by atoms with E-state index in [0.29, 0.717) is 6.54 Å². The molecule has 72 valence electrons. The summed E-state index contributed by atoms with van der Waals surface area (Å²) in [5.74, 6) is 0. The average molecular weight is 181 g/mol. The first-order valence-electron chi connectivity index (χ1n) is 4.76. The van der Waals surface area contributed by atoms with Crippen LogP contribution in [0.25, 0.3) is 0 Å². The topological polar surface area (TPSA) is 53.1 Å². The average Bonchev–Trinajstić information content (AvgIpc) is 2.67. The number of aromatic nitrogens is 2. The SMILES string of the molecule is NCc1ccn(C2CCCCO2)n1. The largest absolute Gasteiger partial charge is 0.357 e. The second-order valence-corrected chi connectivity index (χ2v) is 3.31. The van der Waals surface area contributed by atoms with Crippen molar-refractivity contribution in [1.29, 1.82) is 0 Å². The molecule has 0 spiro atoms. The van der Waals surface area contributed by atoms with Crippen molar-refractivity contribution < 1.29 is 4.74 Å². The molecular weight excluding hydrogens is 166 g/mol. The Labute approximate surface area is 77.7 Å². The molecule has 1 unspecified atom stereocenters. The number of hydrogen-bond donors (Lipinski definition) is 1. The highest BCUT2D eigenvalue weighted by atomic mass is 16.5. The summed E-state index contributed by atoms with van der Waals surface area (Å²) in [6.45, 7) is 1.35. The van der Waals surface area contributed by atoms with E-state index in [2.05, 4.69) is 5.10 Å². The Hall–Kier alpha value is -0.870. The Morgan fingerprint density at radius 1 is 1.62 bits per heavy atom.